The van der Waals surface area contributed by atoms with Crippen LogP contribution in [0, 0.1) is 5.92 Å². The maximum Gasteiger partial charge on any atom is 0.163 e. The number of Topliss-reactive ketones (excluding diaryl/α,β-unsaturated/α-hetero) is 1. The van der Waals surface area contributed by atoms with Gasteiger partial charge in [0.25, 0.3) is 0 Å². The number of ketones is 1. The minimum atomic E-state index is 0.273. The summed E-state index contributed by atoms with van der Waals surface area (Å²) in [7, 11) is 0. The van der Waals surface area contributed by atoms with E-state index in [2.05, 4.69) is 22.9 Å². The van der Waals surface area contributed by atoms with E-state index in [1.54, 1.807) is 0 Å². The van der Waals surface area contributed by atoms with Gasteiger partial charge in [-0.2, -0.15) is 0 Å². The highest BCUT2D eigenvalue weighted by atomic mass is 79.9. The van der Waals surface area contributed by atoms with Crippen LogP contribution in [0.2, 0.25) is 0 Å². The second-order valence-corrected chi connectivity index (χ2v) is 5.48. The maximum absolute atomic E-state index is 11.7. The summed E-state index contributed by atoms with van der Waals surface area (Å²) >= 11 is 3.49. The molecule has 1 aromatic carbocycles. The van der Waals surface area contributed by atoms with E-state index in [9.17, 15) is 4.79 Å². The summed E-state index contributed by atoms with van der Waals surface area (Å²) in [4.78, 5) is 11.7. The Bertz CT molecular complexity index is 425. The number of fused-ring (bicyclic) bond motifs is 1. The first-order valence-corrected chi connectivity index (χ1v) is 7.71. The van der Waals surface area contributed by atoms with Crippen molar-refractivity contribution in [1.29, 1.82) is 0 Å². The van der Waals surface area contributed by atoms with Gasteiger partial charge in [-0.15, -0.1) is 0 Å². The lowest BCUT2D eigenvalue weighted by atomic mass is 9.90. The second kappa shape index (κ2) is 6.37. The lowest BCUT2D eigenvalue weighted by molar-refractivity contribution is 0.0972. The number of alkyl halides is 1. The van der Waals surface area contributed by atoms with E-state index in [0.29, 0.717) is 12.3 Å². The Morgan fingerprint density at radius 1 is 1.39 bits per heavy atom. The van der Waals surface area contributed by atoms with Gasteiger partial charge in [-0.1, -0.05) is 22.9 Å². The van der Waals surface area contributed by atoms with Crippen LogP contribution in [0.25, 0.3) is 0 Å². The summed E-state index contributed by atoms with van der Waals surface area (Å²) in [6.07, 6.45) is 3.76. The van der Waals surface area contributed by atoms with Crippen molar-refractivity contribution in [2.75, 3.05) is 11.9 Å². The lowest BCUT2D eigenvalue weighted by Gasteiger charge is -2.17. The molecule has 0 aromatic heterocycles. The molecule has 0 heterocycles. The van der Waals surface area contributed by atoms with E-state index in [0.717, 1.165) is 48.1 Å². The molecule has 0 N–H and O–H groups in total. The summed E-state index contributed by atoms with van der Waals surface area (Å²) in [5.41, 5.74) is 2.04. The fourth-order valence-corrected chi connectivity index (χ4v) is 2.84. The molecule has 0 saturated carbocycles. The third-order valence-electron chi connectivity index (χ3n) is 3.51. The Kier molecular flexibility index (Phi) is 4.81. The number of aryl methyl sites for hydroxylation is 1. The van der Waals surface area contributed by atoms with E-state index >= 15 is 0 Å². The molecular weight excluding hydrogens is 292 g/mol. The van der Waals surface area contributed by atoms with E-state index in [1.807, 2.05) is 18.2 Å². The number of hydrogen-bond acceptors (Lipinski definition) is 2. The van der Waals surface area contributed by atoms with Gasteiger partial charge in [0.1, 0.15) is 5.75 Å². The van der Waals surface area contributed by atoms with Crippen LogP contribution in [-0.4, -0.2) is 17.7 Å². The van der Waals surface area contributed by atoms with Gasteiger partial charge >= 0.3 is 0 Å². The Morgan fingerprint density at radius 2 is 2.22 bits per heavy atom. The van der Waals surface area contributed by atoms with Crippen LogP contribution < -0.4 is 4.74 Å². The van der Waals surface area contributed by atoms with Crippen LogP contribution >= 0.6 is 15.9 Å². The lowest BCUT2D eigenvalue weighted by Crippen LogP contribution is -2.14. The molecule has 2 rings (SSSR count). The molecule has 1 aliphatic carbocycles. The minimum Gasteiger partial charge on any atom is -0.493 e. The molecule has 0 aliphatic heterocycles. The summed E-state index contributed by atoms with van der Waals surface area (Å²) in [6.45, 7) is 2.90. The molecule has 1 aliphatic rings. The van der Waals surface area contributed by atoms with Gasteiger partial charge < -0.3 is 4.74 Å². The smallest absolute Gasteiger partial charge is 0.163 e. The number of rotatable bonds is 5. The third-order valence-corrected chi connectivity index (χ3v) is 4.42. The van der Waals surface area contributed by atoms with Crippen molar-refractivity contribution in [2.45, 2.75) is 32.6 Å². The summed E-state index contributed by atoms with van der Waals surface area (Å²) < 4.78 is 5.81. The first-order valence-electron chi connectivity index (χ1n) is 6.59. The molecule has 0 bridgehead atoms. The number of halogens is 1. The third kappa shape index (κ3) is 3.14. The van der Waals surface area contributed by atoms with Crippen molar-refractivity contribution in [1.82, 2.24) is 0 Å². The fraction of sp³-hybridized carbons (Fsp3) is 0.533. The topological polar surface area (TPSA) is 26.3 Å². The van der Waals surface area contributed by atoms with Crippen LogP contribution in [0.1, 0.15) is 42.1 Å². The van der Waals surface area contributed by atoms with Crippen molar-refractivity contribution < 1.29 is 9.53 Å². The molecule has 98 valence electrons. The van der Waals surface area contributed by atoms with E-state index in [1.165, 1.54) is 0 Å². The number of carbonyl (C=O) groups is 1. The maximum atomic E-state index is 11.7. The first-order chi connectivity index (χ1) is 8.74. The summed E-state index contributed by atoms with van der Waals surface area (Å²) in [5, 5.41) is 0.965. The summed E-state index contributed by atoms with van der Waals surface area (Å²) in [6, 6.07) is 5.87. The van der Waals surface area contributed by atoms with Crippen molar-refractivity contribution in [2.24, 2.45) is 5.92 Å². The molecule has 0 amide bonds. The summed E-state index contributed by atoms with van der Waals surface area (Å²) in [5.74, 6) is 1.71. The van der Waals surface area contributed by atoms with E-state index in [-0.39, 0.29) is 5.78 Å². The number of benzene rings is 1. The van der Waals surface area contributed by atoms with Gasteiger partial charge in [-0.3, -0.25) is 4.79 Å². The van der Waals surface area contributed by atoms with Crippen LogP contribution in [0.5, 0.6) is 5.75 Å². The van der Waals surface area contributed by atoms with Gasteiger partial charge in [0.2, 0.25) is 0 Å². The monoisotopic (exact) mass is 310 g/mol. The fourth-order valence-electron chi connectivity index (χ4n) is 2.20. The molecule has 1 aromatic rings. The first kappa shape index (κ1) is 13.6. The highest BCUT2D eigenvalue weighted by Crippen LogP contribution is 2.25. The van der Waals surface area contributed by atoms with Gasteiger partial charge in [-0.05, 0) is 43.0 Å². The molecule has 3 heteroatoms. The highest BCUT2D eigenvalue weighted by Gasteiger charge is 2.17. The Labute approximate surface area is 117 Å². The Morgan fingerprint density at radius 3 is 2.94 bits per heavy atom. The van der Waals surface area contributed by atoms with Crippen LogP contribution in [-0.2, 0) is 6.42 Å². The molecule has 0 radical (unpaired) electrons. The van der Waals surface area contributed by atoms with E-state index in [4.69, 9.17) is 4.74 Å². The van der Waals surface area contributed by atoms with Crippen molar-refractivity contribution in [3.63, 3.8) is 0 Å². The standard InChI is InChI=1S/C15H19BrO2/c1-2-11(9-16)10-18-13-6-7-14-12(8-13)4-3-5-15(14)17/h6-8,11H,2-5,9-10H2,1H3. The zero-order valence-corrected chi connectivity index (χ0v) is 12.3. The zero-order valence-electron chi connectivity index (χ0n) is 10.7. The van der Waals surface area contributed by atoms with Crippen molar-refractivity contribution in [3.8, 4) is 5.75 Å². The van der Waals surface area contributed by atoms with Crippen LogP contribution in [0.15, 0.2) is 18.2 Å². The average molecular weight is 311 g/mol. The molecule has 0 saturated heterocycles. The molecule has 18 heavy (non-hydrogen) atoms. The Hall–Kier alpha value is -0.830. The normalized spacial score (nSPS) is 16.2. The zero-order chi connectivity index (χ0) is 13.0. The number of carbonyl (C=O) groups excluding carboxylic acids is 1. The Balaban J connectivity index is 2.05. The minimum absolute atomic E-state index is 0.273. The molecular formula is C15H19BrO2. The van der Waals surface area contributed by atoms with Gasteiger partial charge in [-0.25, -0.2) is 0 Å². The molecule has 0 spiro atoms. The second-order valence-electron chi connectivity index (χ2n) is 4.84. The highest BCUT2D eigenvalue weighted by molar-refractivity contribution is 9.09. The largest absolute Gasteiger partial charge is 0.493 e. The predicted molar refractivity (Wildman–Crippen MR) is 76.8 cm³/mol. The molecule has 2 nitrogen and oxygen atoms in total. The number of ether oxygens (including phenoxy) is 1. The average Bonchev–Trinajstić information content (AvgIpc) is 2.40. The van der Waals surface area contributed by atoms with E-state index < -0.39 is 0 Å². The van der Waals surface area contributed by atoms with Gasteiger partial charge in [0, 0.05) is 23.2 Å². The SMILES string of the molecule is CCC(CBr)COc1ccc2c(c1)CCCC2=O. The molecule has 0 fully saturated rings. The van der Waals surface area contributed by atoms with Crippen LogP contribution in [0.3, 0.4) is 0 Å². The van der Waals surface area contributed by atoms with Crippen molar-refractivity contribution in [3.05, 3.63) is 29.3 Å². The molecule has 1 unspecified atom stereocenters. The number of hydrogen-bond donors (Lipinski definition) is 0. The predicted octanol–water partition coefficient (Wildman–Crippen LogP) is 4.01. The van der Waals surface area contributed by atoms with Gasteiger partial charge in [0.15, 0.2) is 5.78 Å². The quantitative estimate of drug-likeness (QED) is 0.768. The molecule has 1 atom stereocenters. The van der Waals surface area contributed by atoms with Crippen molar-refractivity contribution >= 4 is 21.7 Å². The van der Waals surface area contributed by atoms with Gasteiger partial charge in [0.05, 0.1) is 6.61 Å². The van der Waals surface area contributed by atoms with Crippen LogP contribution in [0.4, 0.5) is 0 Å².